The summed E-state index contributed by atoms with van der Waals surface area (Å²) >= 11 is 0. The van der Waals surface area contributed by atoms with Crippen LogP contribution >= 0.6 is 0 Å². The fourth-order valence-corrected chi connectivity index (χ4v) is 1.90. The van der Waals surface area contributed by atoms with Crippen LogP contribution in [0.5, 0.6) is 0 Å². The molecule has 0 spiro atoms. The molecule has 0 aliphatic heterocycles. The van der Waals surface area contributed by atoms with Gasteiger partial charge in [-0.1, -0.05) is 26.7 Å². The topological polar surface area (TPSA) is 40.5 Å². The number of carbonyl (C=O) groups excluding carboxylic acids is 1. The number of aliphatic hydroxyl groups is 1. The highest BCUT2D eigenvalue weighted by Crippen LogP contribution is 2.26. The van der Waals surface area contributed by atoms with Gasteiger partial charge in [-0.05, 0) is 26.7 Å². The first kappa shape index (κ1) is 15.4. The molecule has 0 aromatic carbocycles. The number of hydrogen-bond donors (Lipinski definition) is 1. The Labute approximate surface area is 99.8 Å². The van der Waals surface area contributed by atoms with Gasteiger partial charge in [-0.15, -0.1) is 0 Å². The lowest BCUT2D eigenvalue weighted by Gasteiger charge is -2.30. The lowest BCUT2D eigenvalue weighted by atomic mass is 9.85. The fourth-order valence-electron chi connectivity index (χ4n) is 1.90. The molecule has 0 fully saturated rings. The molecule has 1 N–H and O–H groups in total. The van der Waals surface area contributed by atoms with E-state index in [9.17, 15) is 4.79 Å². The van der Waals surface area contributed by atoms with E-state index >= 15 is 0 Å². The van der Waals surface area contributed by atoms with E-state index in [4.69, 9.17) is 5.11 Å². The second-order valence-electron chi connectivity index (χ2n) is 4.90. The molecule has 96 valence electrons. The van der Waals surface area contributed by atoms with Gasteiger partial charge in [-0.25, -0.2) is 0 Å². The van der Waals surface area contributed by atoms with Gasteiger partial charge in [-0.3, -0.25) is 4.79 Å². The van der Waals surface area contributed by atoms with Crippen molar-refractivity contribution in [3.8, 4) is 0 Å². The maximum Gasteiger partial charge on any atom is 0.228 e. The summed E-state index contributed by atoms with van der Waals surface area (Å²) in [6.07, 6.45) is 3.77. The summed E-state index contributed by atoms with van der Waals surface area (Å²) < 4.78 is 0. The number of unbranched alkanes of at least 4 members (excludes halogenated alkanes) is 2. The van der Waals surface area contributed by atoms with Crippen LogP contribution in [0.25, 0.3) is 0 Å². The Kier molecular flexibility index (Phi) is 7.39. The van der Waals surface area contributed by atoms with Gasteiger partial charge >= 0.3 is 0 Å². The number of rotatable bonds is 8. The molecule has 3 heteroatoms. The first-order valence-electron chi connectivity index (χ1n) is 6.39. The van der Waals surface area contributed by atoms with E-state index in [-0.39, 0.29) is 17.9 Å². The van der Waals surface area contributed by atoms with Crippen LogP contribution in [0.1, 0.15) is 53.4 Å². The van der Waals surface area contributed by atoms with Crippen molar-refractivity contribution < 1.29 is 9.90 Å². The summed E-state index contributed by atoms with van der Waals surface area (Å²) in [5, 5.41) is 8.69. The van der Waals surface area contributed by atoms with Crippen LogP contribution in [-0.2, 0) is 4.79 Å². The maximum atomic E-state index is 12.2. The molecule has 3 nitrogen and oxygen atoms in total. The van der Waals surface area contributed by atoms with E-state index in [2.05, 4.69) is 0 Å². The highest BCUT2D eigenvalue weighted by Gasteiger charge is 2.29. The normalized spacial score (nSPS) is 11.6. The predicted octanol–water partition coefficient (Wildman–Crippen LogP) is 2.43. The Hall–Kier alpha value is -0.570. The average Bonchev–Trinajstić information content (AvgIpc) is 2.26. The van der Waals surface area contributed by atoms with Gasteiger partial charge in [0, 0.05) is 25.1 Å². The Bertz CT molecular complexity index is 198. The first-order valence-corrected chi connectivity index (χ1v) is 6.39. The fraction of sp³-hybridized carbons (Fsp3) is 0.923. The molecule has 0 aliphatic carbocycles. The molecule has 0 radical (unpaired) electrons. The second kappa shape index (κ2) is 7.66. The van der Waals surface area contributed by atoms with Crippen molar-refractivity contribution >= 4 is 5.91 Å². The Morgan fingerprint density at radius 2 is 1.69 bits per heavy atom. The van der Waals surface area contributed by atoms with Crippen LogP contribution in [-0.4, -0.2) is 35.6 Å². The van der Waals surface area contributed by atoms with Crippen molar-refractivity contribution in [2.24, 2.45) is 5.41 Å². The van der Waals surface area contributed by atoms with Crippen LogP contribution in [0.15, 0.2) is 0 Å². The molecule has 0 rings (SSSR count). The van der Waals surface area contributed by atoms with Crippen LogP contribution in [0.2, 0.25) is 0 Å². The highest BCUT2D eigenvalue weighted by molar-refractivity contribution is 5.81. The van der Waals surface area contributed by atoms with Gasteiger partial charge in [0.1, 0.15) is 0 Å². The van der Waals surface area contributed by atoms with E-state index in [0.29, 0.717) is 0 Å². The van der Waals surface area contributed by atoms with E-state index < -0.39 is 0 Å². The molecule has 0 aliphatic rings. The number of carbonyl (C=O) groups is 1. The van der Waals surface area contributed by atoms with Crippen LogP contribution < -0.4 is 0 Å². The lowest BCUT2D eigenvalue weighted by Crippen LogP contribution is -2.40. The van der Waals surface area contributed by atoms with E-state index in [0.717, 1.165) is 38.8 Å². The van der Waals surface area contributed by atoms with Crippen LogP contribution in [0.4, 0.5) is 0 Å². The minimum Gasteiger partial charge on any atom is -0.396 e. The minimum absolute atomic E-state index is 0.251. The molecule has 1 amide bonds. The molecule has 0 heterocycles. The molecule has 0 saturated carbocycles. The molecule has 0 saturated heterocycles. The third kappa shape index (κ3) is 4.97. The third-order valence-corrected chi connectivity index (χ3v) is 3.09. The first-order chi connectivity index (χ1) is 7.49. The van der Waals surface area contributed by atoms with Crippen molar-refractivity contribution in [2.75, 3.05) is 19.7 Å². The summed E-state index contributed by atoms with van der Waals surface area (Å²) in [6.45, 7) is 9.90. The van der Waals surface area contributed by atoms with Gasteiger partial charge in [0.05, 0.1) is 0 Å². The van der Waals surface area contributed by atoms with Crippen molar-refractivity contribution in [3.63, 3.8) is 0 Å². The molecular formula is C13H27NO2. The smallest absolute Gasteiger partial charge is 0.228 e. The predicted molar refractivity (Wildman–Crippen MR) is 67.3 cm³/mol. The maximum absolute atomic E-state index is 12.2. The SMILES string of the molecule is CCN(CC)C(=O)C(C)(C)CCCCCO. The summed E-state index contributed by atoms with van der Waals surface area (Å²) in [5.74, 6) is 0.251. The van der Waals surface area contributed by atoms with Crippen molar-refractivity contribution in [1.82, 2.24) is 4.90 Å². The summed E-state index contributed by atoms with van der Waals surface area (Å²) in [7, 11) is 0. The molecule has 0 aromatic heterocycles. The number of nitrogens with zero attached hydrogens (tertiary/aromatic N) is 1. The van der Waals surface area contributed by atoms with Crippen LogP contribution in [0, 0.1) is 5.41 Å². The molecule has 0 aromatic rings. The Morgan fingerprint density at radius 1 is 1.12 bits per heavy atom. The highest BCUT2D eigenvalue weighted by atomic mass is 16.2. The lowest BCUT2D eigenvalue weighted by molar-refractivity contribution is -0.140. The van der Waals surface area contributed by atoms with E-state index in [1.54, 1.807) is 0 Å². The largest absolute Gasteiger partial charge is 0.396 e. The summed E-state index contributed by atoms with van der Waals surface area (Å²) in [4.78, 5) is 14.1. The molecule has 16 heavy (non-hydrogen) atoms. The zero-order valence-electron chi connectivity index (χ0n) is 11.3. The number of hydrogen-bond acceptors (Lipinski definition) is 2. The van der Waals surface area contributed by atoms with Crippen LogP contribution in [0.3, 0.4) is 0 Å². The van der Waals surface area contributed by atoms with Gasteiger partial charge in [0.15, 0.2) is 0 Å². The minimum atomic E-state index is -0.262. The number of amides is 1. The molecule has 0 unspecified atom stereocenters. The molecule has 0 atom stereocenters. The Balaban J connectivity index is 4.13. The standard InChI is InChI=1S/C13H27NO2/c1-5-14(6-2)12(16)13(3,4)10-8-7-9-11-15/h15H,5-11H2,1-4H3. The number of aliphatic hydroxyl groups excluding tert-OH is 1. The average molecular weight is 229 g/mol. The zero-order chi connectivity index (χ0) is 12.6. The zero-order valence-corrected chi connectivity index (χ0v) is 11.3. The van der Waals surface area contributed by atoms with Gasteiger partial charge in [-0.2, -0.15) is 0 Å². The van der Waals surface area contributed by atoms with E-state index in [1.165, 1.54) is 0 Å². The molecule has 0 bridgehead atoms. The second-order valence-corrected chi connectivity index (χ2v) is 4.90. The van der Waals surface area contributed by atoms with Gasteiger partial charge < -0.3 is 10.0 Å². The quantitative estimate of drug-likeness (QED) is 0.649. The monoisotopic (exact) mass is 229 g/mol. The van der Waals surface area contributed by atoms with E-state index in [1.807, 2.05) is 32.6 Å². The van der Waals surface area contributed by atoms with Crippen molar-refractivity contribution in [3.05, 3.63) is 0 Å². The summed E-state index contributed by atoms with van der Waals surface area (Å²) in [6, 6.07) is 0. The Morgan fingerprint density at radius 3 is 2.12 bits per heavy atom. The van der Waals surface area contributed by atoms with Gasteiger partial charge in [0.2, 0.25) is 5.91 Å². The third-order valence-electron chi connectivity index (χ3n) is 3.09. The van der Waals surface area contributed by atoms with Crippen molar-refractivity contribution in [1.29, 1.82) is 0 Å². The van der Waals surface area contributed by atoms with Crippen molar-refractivity contribution in [2.45, 2.75) is 53.4 Å². The van der Waals surface area contributed by atoms with Gasteiger partial charge in [0.25, 0.3) is 0 Å². The summed E-state index contributed by atoms with van der Waals surface area (Å²) in [5.41, 5.74) is -0.262. The molecular weight excluding hydrogens is 202 g/mol.